The Balaban J connectivity index is 2.33. The molecule has 0 saturated carbocycles. The van der Waals surface area contributed by atoms with E-state index in [0.29, 0.717) is 0 Å². The lowest BCUT2D eigenvalue weighted by molar-refractivity contribution is 0.260. The van der Waals surface area contributed by atoms with Crippen LogP contribution in [0.4, 0.5) is 0 Å². The maximum absolute atomic E-state index is 5.67. The molecule has 1 aromatic carbocycles. The van der Waals surface area contributed by atoms with Crippen molar-refractivity contribution in [2.24, 2.45) is 0 Å². The van der Waals surface area contributed by atoms with Gasteiger partial charge in [-0.1, -0.05) is 22.0 Å². The van der Waals surface area contributed by atoms with Gasteiger partial charge in [0.15, 0.2) is 0 Å². The summed E-state index contributed by atoms with van der Waals surface area (Å²) in [4.78, 5) is 0. The van der Waals surface area contributed by atoms with Gasteiger partial charge in [0, 0.05) is 17.3 Å². The molecule has 1 aliphatic rings. The van der Waals surface area contributed by atoms with E-state index >= 15 is 0 Å². The van der Waals surface area contributed by atoms with E-state index in [1.54, 1.807) is 7.11 Å². The molecule has 0 N–H and O–H groups in total. The standard InChI is InChI=1S/C10H11BrO2/c1-12-9-3-2-4-10-8(9)5-7(6-11)13-10/h2-4,7H,5-6H2,1H3. The van der Waals surface area contributed by atoms with Gasteiger partial charge < -0.3 is 9.47 Å². The zero-order valence-corrected chi connectivity index (χ0v) is 9.00. The van der Waals surface area contributed by atoms with Crippen LogP contribution < -0.4 is 9.47 Å². The third kappa shape index (κ3) is 1.53. The van der Waals surface area contributed by atoms with Crippen LogP contribution in [0.3, 0.4) is 0 Å². The quantitative estimate of drug-likeness (QED) is 0.742. The van der Waals surface area contributed by atoms with Gasteiger partial charge >= 0.3 is 0 Å². The summed E-state index contributed by atoms with van der Waals surface area (Å²) in [6, 6.07) is 5.91. The van der Waals surface area contributed by atoms with Crippen molar-refractivity contribution in [3.8, 4) is 11.5 Å². The number of ether oxygens (including phenoxy) is 2. The Kier molecular flexibility index (Phi) is 2.44. The van der Waals surface area contributed by atoms with Gasteiger partial charge in [0.2, 0.25) is 0 Å². The number of fused-ring (bicyclic) bond motifs is 1. The maximum atomic E-state index is 5.67. The SMILES string of the molecule is COc1cccc2c1CC(CBr)O2. The van der Waals surface area contributed by atoms with E-state index in [9.17, 15) is 0 Å². The molecule has 2 rings (SSSR count). The summed E-state index contributed by atoms with van der Waals surface area (Å²) in [5.41, 5.74) is 1.19. The number of rotatable bonds is 2. The summed E-state index contributed by atoms with van der Waals surface area (Å²) in [6.45, 7) is 0. The minimum absolute atomic E-state index is 0.256. The van der Waals surface area contributed by atoms with Gasteiger partial charge in [-0.25, -0.2) is 0 Å². The molecule has 0 spiro atoms. The lowest BCUT2D eigenvalue weighted by Gasteiger charge is -2.04. The molecule has 1 atom stereocenters. The van der Waals surface area contributed by atoms with E-state index < -0.39 is 0 Å². The van der Waals surface area contributed by atoms with Gasteiger partial charge in [0.1, 0.15) is 17.6 Å². The van der Waals surface area contributed by atoms with Gasteiger partial charge in [-0.3, -0.25) is 0 Å². The van der Waals surface area contributed by atoms with E-state index in [4.69, 9.17) is 9.47 Å². The molecule has 0 aromatic heterocycles. The lowest BCUT2D eigenvalue weighted by atomic mass is 10.1. The predicted octanol–water partition coefficient (Wildman–Crippen LogP) is 2.39. The summed E-state index contributed by atoms with van der Waals surface area (Å²) in [7, 11) is 1.69. The van der Waals surface area contributed by atoms with Crippen LogP contribution in [0, 0.1) is 0 Å². The van der Waals surface area contributed by atoms with Crippen molar-refractivity contribution in [1.29, 1.82) is 0 Å². The number of benzene rings is 1. The van der Waals surface area contributed by atoms with Crippen LogP contribution in [0.1, 0.15) is 5.56 Å². The molecule has 1 aromatic rings. The summed E-state index contributed by atoms with van der Waals surface area (Å²) >= 11 is 3.42. The fourth-order valence-electron chi connectivity index (χ4n) is 1.58. The maximum Gasteiger partial charge on any atom is 0.126 e. The van der Waals surface area contributed by atoms with E-state index in [1.165, 1.54) is 5.56 Å². The smallest absolute Gasteiger partial charge is 0.126 e. The summed E-state index contributed by atoms with van der Waals surface area (Å²) in [5, 5.41) is 0.866. The molecule has 0 amide bonds. The van der Waals surface area contributed by atoms with Gasteiger partial charge in [0.05, 0.1) is 7.11 Å². The lowest BCUT2D eigenvalue weighted by Crippen LogP contribution is -2.13. The van der Waals surface area contributed by atoms with Crippen LogP contribution in [-0.2, 0) is 6.42 Å². The second-order valence-electron chi connectivity index (χ2n) is 3.04. The molecule has 0 fully saturated rings. The molecule has 1 unspecified atom stereocenters. The summed E-state index contributed by atoms with van der Waals surface area (Å²) in [5.74, 6) is 1.89. The highest BCUT2D eigenvalue weighted by molar-refractivity contribution is 9.09. The highest BCUT2D eigenvalue weighted by atomic mass is 79.9. The van der Waals surface area contributed by atoms with Crippen molar-refractivity contribution in [2.75, 3.05) is 12.4 Å². The molecule has 0 aliphatic carbocycles. The number of alkyl halides is 1. The first kappa shape index (κ1) is 8.88. The molecule has 13 heavy (non-hydrogen) atoms. The molecule has 1 heterocycles. The molecule has 0 saturated heterocycles. The van der Waals surface area contributed by atoms with E-state index in [0.717, 1.165) is 23.2 Å². The first-order chi connectivity index (χ1) is 6.35. The third-order valence-electron chi connectivity index (χ3n) is 2.21. The largest absolute Gasteiger partial charge is 0.496 e. The average molecular weight is 243 g/mol. The van der Waals surface area contributed by atoms with Crippen LogP contribution in [-0.4, -0.2) is 18.5 Å². The van der Waals surface area contributed by atoms with Crippen molar-refractivity contribution >= 4 is 15.9 Å². The Hall–Kier alpha value is -0.700. The number of halogens is 1. The number of hydrogen-bond acceptors (Lipinski definition) is 2. The average Bonchev–Trinajstić information content (AvgIpc) is 2.59. The Morgan fingerprint density at radius 2 is 2.46 bits per heavy atom. The van der Waals surface area contributed by atoms with E-state index in [1.807, 2.05) is 18.2 Å². The van der Waals surface area contributed by atoms with Crippen molar-refractivity contribution in [3.63, 3.8) is 0 Å². The topological polar surface area (TPSA) is 18.5 Å². The van der Waals surface area contributed by atoms with Crippen molar-refractivity contribution in [2.45, 2.75) is 12.5 Å². The monoisotopic (exact) mass is 242 g/mol. The first-order valence-electron chi connectivity index (χ1n) is 4.23. The fraction of sp³-hybridized carbons (Fsp3) is 0.400. The molecular weight excluding hydrogens is 232 g/mol. The number of methoxy groups -OCH3 is 1. The van der Waals surface area contributed by atoms with Crippen molar-refractivity contribution < 1.29 is 9.47 Å². The first-order valence-corrected chi connectivity index (χ1v) is 5.35. The van der Waals surface area contributed by atoms with Crippen molar-refractivity contribution in [1.82, 2.24) is 0 Å². The minimum atomic E-state index is 0.256. The highest BCUT2D eigenvalue weighted by Crippen LogP contribution is 2.35. The van der Waals surface area contributed by atoms with Gasteiger partial charge in [-0.2, -0.15) is 0 Å². The minimum Gasteiger partial charge on any atom is -0.496 e. The van der Waals surface area contributed by atoms with Gasteiger partial charge in [-0.05, 0) is 12.1 Å². The summed E-state index contributed by atoms with van der Waals surface area (Å²) < 4.78 is 10.9. The number of hydrogen-bond donors (Lipinski definition) is 0. The van der Waals surface area contributed by atoms with Gasteiger partial charge in [-0.15, -0.1) is 0 Å². The molecule has 3 heteroatoms. The fourth-order valence-corrected chi connectivity index (χ4v) is 1.94. The molecule has 2 nitrogen and oxygen atoms in total. The Morgan fingerprint density at radius 3 is 3.15 bits per heavy atom. The zero-order chi connectivity index (χ0) is 9.26. The molecule has 0 radical (unpaired) electrons. The predicted molar refractivity (Wildman–Crippen MR) is 54.9 cm³/mol. The van der Waals surface area contributed by atoms with Crippen LogP contribution >= 0.6 is 15.9 Å². The molecule has 70 valence electrons. The van der Waals surface area contributed by atoms with Crippen LogP contribution in [0.15, 0.2) is 18.2 Å². The van der Waals surface area contributed by atoms with E-state index in [2.05, 4.69) is 15.9 Å². The zero-order valence-electron chi connectivity index (χ0n) is 7.42. The van der Waals surface area contributed by atoms with Crippen LogP contribution in [0.25, 0.3) is 0 Å². The molecular formula is C10H11BrO2. The molecule has 1 aliphatic heterocycles. The Morgan fingerprint density at radius 1 is 1.62 bits per heavy atom. The van der Waals surface area contributed by atoms with Crippen LogP contribution in [0.5, 0.6) is 11.5 Å². The molecule has 0 bridgehead atoms. The normalized spacial score (nSPS) is 19.4. The third-order valence-corrected chi connectivity index (χ3v) is 2.93. The van der Waals surface area contributed by atoms with Crippen LogP contribution in [0.2, 0.25) is 0 Å². The second-order valence-corrected chi connectivity index (χ2v) is 3.68. The second kappa shape index (κ2) is 3.58. The van der Waals surface area contributed by atoms with Gasteiger partial charge in [0.25, 0.3) is 0 Å². The van der Waals surface area contributed by atoms with Crippen molar-refractivity contribution in [3.05, 3.63) is 23.8 Å². The Labute approximate surface area is 86.0 Å². The highest BCUT2D eigenvalue weighted by Gasteiger charge is 2.24. The van der Waals surface area contributed by atoms with E-state index in [-0.39, 0.29) is 6.10 Å². The summed E-state index contributed by atoms with van der Waals surface area (Å²) in [6.07, 6.45) is 1.19. The Bertz CT molecular complexity index is 312.